The second-order valence-corrected chi connectivity index (χ2v) is 6.07. The number of benzene rings is 1. The third kappa shape index (κ3) is 2.97. The minimum Gasteiger partial charge on any atom is -0.550 e. The van der Waals surface area contributed by atoms with Gasteiger partial charge in [-0.15, -0.1) is 0 Å². The maximum Gasteiger partial charge on any atom is 0.228 e. The molecule has 2 aliphatic rings. The quantitative estimate of drug-likeness (QED) is 0.802. The van der Waals surface area contributed by atoms with E-state index in [2.05, 4.69) is 10.6 Å². The van der Waals surface area contributed by atoms with Gasteiger partial charge in [0.25, 0.3) is 0 Å². The summed E-state index contributed by atoms with van der Waals surface area (Å²) in [6, 6.07) is 6.75. The zero-order chi connectivity index (χ0) is 16.6. The Bertz CT molecular complexity index is 698. The van der Waals surface area contributed by atoms with E-state index in [1.54, 1.807) is 24.3 Å². The van der Waals surface area contributed by atoms with Gasteiger partial charge in [0, 0.05) is 30.2 Å². The largest absolute Gasteiger partial charge is 0.550 e. The van der Waals surface area contributed by atoms with Gasteiger partial charge in [-0.05, 0) is 36.5 Å². The molecule has 2 amide bonds. The Morgan fingerprint density at radius 2 is 1.65 bits per heavy atom. The molecule has 1 saturated carbocycles. The number of carboxylic acids is 1. The first kappa shape index (κ1) is 15.3. The van der Waals surface area contributed by atoms with Gasteiger partial charge in [-0.1, -0.05) is 18.2 Å². The van der Waals surface area contributed by atoms with Crippen molar-refractivity contribution in [3.05, 3.63) is 36.4 Å². The smallest absolute Gasteiger partial charge is 0.228 e. The lowest BCUT2D eigenvalue weighted by atomic mass is 9.82. The van der Waals surface area contributed by atoms with Gasteiger partial charge in [-0.2, -0.15) is 0 Å². The molecule has 0 saturated heterocycles. The molecule has 120 valence electrons. The first-order valence-electron chi connectivity index (χ1n) is 7.53. The molecule has 3 rings (SSSR count). The van der Waals surface area contributed by atoms with Crippen molar-refractivity contribution in [2.75, 3.05) is 10.6 Å². The number of hydrogen-bond donors (Lipinski definition) is 2. The van der Waals surface area contributed by atoms with Gasteiger partial charge < -0.3 is 20.5 Å². The second kappa shape index (κ2) is 5.87. The summed E-state index contributed by atoms with van der Waals surface area (Å²) >= 11 is 0. The van der Waals surface area contributed by atoms with E-state index in [-0.39, 0.29) is 23.7 Å². The van der Waals surface area contributed by atoms with Gasteiger partial charge in [-0.3, -0.25) is 9.59 Å². The third-order valence-electron chi connectivity index (χ3n) is 4.48. The Balaban J connectivity index is 1.75. The molecule has 23 heavy (non-hydrogen) atoms. The SMILES string of the molecule is CC(=O)Nc1cccc(NC(=O)[C@@H]2[C@@H](C(=O)[O-])[C@H]3C=C[C@@H]2C3)c1. The van der Waals surface area contributed by atoms with Crippen molar-refractivity contribution in [2.24, 2.45) is 23.7 Å². The van der Waals surface area contributed by atoms with Crippen LogP contribution >= 0.6 is 0 Å². The summed E-state index contributed by atoms with van der Waals surface area (Å²) in [5.74, 6) is -3.26. The first-order chi connectivity index (χ1) is 11.0. The van der Waals surface area contributed by atoms with Crippen molar-refractivity contribution in [3.63, 3.8) is 0 Å². The molecule has 0 spiro atoms. The molecule has 0 heterocycles. The van der Waals surface area contributed by atoms with E-state index in [1.165, 1.54) is 6.92 Å². The monoisotopic (exact) mass is 313 g/mol. The highest BCUT2D eigenvalue weighted by molar-refractivity contribution is 5.97. The number of aliphatic carboxylic acids is 1. The second-order valence-electron chi connectivity index (χ2n) is 6.07. The van der Waals surface area contributed by atoms with Gasteiger partial charge in [0.05, 0.1) is 5.92 Å². The summed E-state index contributed by atoms with van der Waals surface area (Å²) in [4.78, 5) is 35.0. The molecular formula is C17H17N2O4-. The van der Waals surface area contributed by atoms with Crippen molar-refractivity contribution < 1.29 is 19.5 Å². The zero-order valence-electron chi connectivity index (χ0n) is 12.6. The number of anilines is 2. The fraction of sp³-hybridized carbons (Fsp3) is 0.353. The Hall–Kier alpha value is -2.63. The fourth-order valence-corrected chi connectivity index (χ4v) is 3.60. The predicted octanol–water partition coefficient (Wildman–Crippen LogP) is 0.772. The number of allylic oxidation sites excluding steroid dienone is 2. The Morgan fingerprint density at radius 1 is 1.04 bits per heavy atom. The number of fused-ring (bicyclic) bond motifs is 2. The highest BCUT2D eigenvalue weighted by Crippen LogP contribution is 2.48. The number of carboxylic acid groups (broad SMARTS) is 1. The van der Waals surface area contributed by atoms with Crippen LogP contribution in [0.3, 0.4) is 0 Å². The zero-order valence-corrected chi connectivity index (χ0v) is 12.6. The normalized spacial score (nSPS) is 27.7. The molecule has 0 aliphatic heterocycles. The molecule has 0 aromatic heterocycles. The lowest BCUT2D eigenvalue weighted by molar-refractivity contribution is -0.313. The number of rotatable bonds is 4. The van der Waals surface area contributed by atoms with E-state index in [1.807, 2.05) is 12.2 Å². The number of carbonyl (C=O) groups excluding carboxylic acids is 3. The minimum atomic E-state index is -1.17. The van der Waals surface area contributed by atoms with Crippen LogP contribution in [0.5, 0.6) is 0 Å². The van der Waals surface area contributed by atoms with E-state index in [9.17, 15) is 19.5 Å². The van der Waals surface area contributed by atoms with E-state index in [0.717, 1.165) is 0 Å². The Kier molecular flexibility index (Phi) is 3.90. The molecule has 2 N–H and O–H groups in total. The molecule has 1 aromatic rings. The van der Waals surface area contributed by atoms with Crippen molar-refractivity contribution in [1.82, 2.24) is 0 Å². The van der Waals surface area contributed by atoms with Crippen molar-refractivity contribution in [2.45, 2.75) is 13.3 Å². The van der Waals surface area contributed by atoms with Gasteiger partial charge >= 0.3 is 0 Å². The van der Waals surface area contributed by atoms with Crippen molar-refractivity contribution in [3.8, 4) is 0 Å². The maximum atomic E-state index is 12.5. The van der Waals surface area contributed by atoms with Crippen LogP contribution in [-0.4, -0.2) is 17.8 Å². The van der Waals surface area contributed by atoms with Gasteiger partial charge in [-0.25, -0.2) is 0 Å². The average Bonchev–Trinajstić information content (AvgIpc) is 3.07. The fourth-order valence-electron chi connectivity index (χ4n) is 3.60. The van der Waals surface area contributed by atoms with Crippen LogP contribution in [0.2, 0.25) is 0 Å². The lowest BCUT2D eigenvalue weighted by Gasteiger charge is -2.27. The predicted molar refractivity (Wildman–Crippen MR) is 82.1 cm³/mol. The topological polar surface area (TPSA) is 98.3 Å². The van der Waals surface area contributed by atoms with Crippen molar-refractivity contribution >= 4 is 29.2 Å². The standard InChI is InChI=1S/C17H18N2O4/c1-9(20)18-12-3-2-4-13(8-12)19-16(21)14-10-5-6-11(7-10)15(14)17(22)23/h2-6,8,10-11,14-15H,7H2,1H3,(H,18,20)(H,19,21)(H,22,23)/p-1/t10-,11+,14+,15+/m1/s1. The average molecular weight is 313 g/mol. The van der Waals surface area contributed by atoms with Crippen LogP contribution in [0.15, 0.2) is 36.4 Å². The van der Waals surface area contributed by atoms with Crippen LogP contribution in [0.4, 0.5) is 11.4 Å². The summed E-state index contributed by atoms with van der Waals surface area (Å²) in [6.45, 7) is 1.40. The molecule has 2 aliphatic carbocycles. The molecule has 0 radical (unpaired) electrons. The molecule has 0 unspecified atom stereocenters. The molecule has 2 bridgehead atoms. The molecular weight excluding hydrogens is 296 g/mol. The summed E-state index contributed by atoms with van der Waals surface area (Å²) in [5, 5.41) is 16.8. The van der Waals surface area contributed by atoms with Crippen LogP contribution in [-0.2, 0) is 14.4 Å². The lowest BCUT2D eigenvalue weighted by Crippen LogP contribution is -2.42. The number of nitrogens with one attached hydrogen (secondary N) is 2. The van der Waals surface area contributed by atoms with E-state index < -0.39 is 17.8 Å². The Morgan fingerprint density at radius 3 is 2.26 bits per heavy atom. The molecule has 1 aromatic carbocycles. The molecule has 6 nitrogen and oxygen atoms in total. The van der Waals surface area contributed by atoms with Crippen LogP contribution in [0.1, 0.15) is 13.3 Å². The van der Waals surface area contributed by atoms with Crippen LogP contribution in [0, 0.1) is 23.7 Å². The highest BCUT2D eigenvalue weighted by atomic mass is 16.4. The van der Waals surface area contributed by atoms with Crippen LogP contribution < -0.4 is 15.7 Å². The van der Waals surface area contributed by atoms with Crippen molar-refractivity contribution in [1.29, 1.82) is 0 Å². The molecule has 4 atom stereocenters. The van der Waals surface area contributed by atoms with Gasteiger partial charge in [0.15, 0.2) is 0 Å². The summed E-state index contributed by atoms with van der Waals surface area (Å²) in [6.07, 6.45) is 4.47. The molecule has 6 heteroatoms. The first-order valence-corrected chi connectivity index (χ1v) is 7.53. The number of amides is 2. The summed E-state index contributed by atoms with van der Waals surface area (Å²) in [7, 11) is 0. The Labute approximate surface area is 133 Å². The maximum absolute atomic E-state index is 12.5. The summed E-state index contributed by atoms with van der Waals surface area (Å²) in [5.41, 5.74) is 1.09. The van der Waals surface area contributed by atoms with E-state index in [0.29, 0.717) is 17.8 Å². The van der Waals surface area contributed by atoms with E-state index in [4.69, 9.17) is 0 Å². The van der Waals surface area contributed by atoms with Crippen LogP contribution in [0.25, 0.3) is 0 Å². The minimum absolute atomic E-state index is 0.0542. The van der Waals surface area contributed by atoms with Gasteiger partial charge in [0.1, 0.15) is 0 Å². The highest BCUT2D eigenvalue weighted by Gasteiger charge is 2.48. The van der Waals surface area contributed by atoms with Gasteiger partial charge in [0.2, 0.25) is 11.8 Å². The molecule has 1 fully saturated rings. The summed E-state index contributed by atoms with van der Waals surface area (Å²) < 4.78 is 0. The number of carbonyl (C=O) groups is 3. The third-order valence-corrected chi connectivity index (χ3v) is 4.48. The number of hydrogen-bond acceptors (Lipinski definition) is 4. The van der Waals surface area contributed by atoms with E-state index >= 15 is 0 Å².